The molecule has 6 fully saturated rings. The second-order valence-corrected chi connectivity index (χ2v) is 29.9. The van der Waals surface area contributed by atoms with Crippen molar-refractivity contribution in [3.8, 4) is 0 Å². The second kappa shape index (κ2) is 19.0. The van der Waals surface area contributed by atoms with Crippen molar-refractivity contribution >= 4 is 66.4 Å². The number of aromatic nitrogens is 4. The molecule has 12 rings (SSSR count). The van der Waals surface area contributed by atoms with Gasteiger partial charge in [0.1, 0.15) is 17.1 Å². The third-order valence-corrected chi connectivity index (χ3v) is 24.1. The summed E-state index contributed by atoms with van der Waals surface area (Å²) in [5.74, 6) is 1.66. The molecule has 19 heteroatoms. The molecule has 4 saturated carbocycles. The van der Waals surface area contributed by atoms with E-state index in [1.165, 1.54) is 0 Å². The van der Waals surface area contributed by atoms with Crippen molar-refractivity contribution in [2.45, 2.75) is 180 Å². The molecule has 17 nitrogen and oxygen atoms in total. The SMILES string of the molecule is Cc1cc(S(=O)(=O)C2CC3(CCN(C)CC3)C2)ccc1Nc1ncc2c(n1)N(C1CCC(OCC3(C)C(=O)N(C4CCCC4)c4nc(Nc5ccc(S(=O)(=O)C6CC7(CCN(C)CC7)C6)cc5C)ncc43)C1)C(=O)C2(C)C. The lowest BCUT2D eigenvalue weighted by Crippen LogP contribution is -2.50. The maximum absolute atomic E-state index is 14.8. The van der Waals surface area contributed by atoms with Crippen LogP contribution in [0.2, 0.25) is 0 Å². The molecule has 3 atom stereocenters. The Labute approximate surface area is 454 Å². The first-order chi connectivity index (χ1) is 36.6. The van der Waals surface area contributed by atoms with E-state index in [2.05, 4.69) is 39.5 Å². The monoisotopic (exact) mass is 1090 g/mol. The molecular formula is C58H76N10O7S2. The highest BCUT2D eigenvalue weighted by Crippen LogP contribution is 2.55. The van der Waals surface area contributed by atoms with Crippen LogP contribution in [0.3, 0.4) is 0 Å². The Bertz CT molecular complexity index is 3240. The van der Waals surface area contributed by atoms with E-state index >= 15 is 0 Å². The molecule has 0 bridgehead atoms. The smallest absolute Gasteiger partial charge is 0.241 e. The molecule has 8 aliphatic rings. The minimum atomic E-state index is -3.48. The van der Waals surface area contributed by atoms with E-state index in [1.54, 1.807) is 48.8 Å². The van der Waals surface area contributed by atoms with Crippen LogP contribution in [0.15, 0.2) is 58.6 Å². The number of rotatable bonds is 13. The highest BCUT2D eigenvalue weighted by Gasteiger charge is 2.55. The Morgan fingerprint density at radius 2 is 1.09 bits per heavy atom. The van der Waals surface area contributed by atoms with Gasteiger partial charge in [-0.25, -0.2) is 26.8 Å². The maximum atomic E-state index is 14.8. The Morgan fingerprint density at radius 1 is 0.623 bits per heavy atom. The number of benzene rings is 2. The number of piperidine rings is 2. The number of carbonyl (C=O) groups is 2. The molecule has 2 aromatic carbocycles. The number of likely N-dealkylation sites (tertiary alicyclic amines) is 2. The van der Waals surface area contributed by atoms with Crippen LogP contribution in [-0.4, -0.2) is 134 Å². The first kappa shape index (κ1) is 52.6. The van der Waals surface area contributed by atoms with Crippen LogP contribution in [0.25, 0.3) is 0 Å². The lowest BCUT2D eigenvalue weighted by atomic mass is 9.63. The van der Waals surface area contributed by atoms with Gasteiger partial charge in [0.2, 0.25) is 23.7 Å². The van der Waals surface area contributed by atoms with Crippen LogP contribution >= 0.6 is 0 Å². The van der Waals surface area contributed by atoms with E-state index in [9.17, 15) is 26.4 Å². The number of nitrogens with zero attached hydrogens (tertiary/aromatic N) is 8. The van der Waals surface area contributed by atoms with Crippen LogP contribution < -0.4 is 20.4 Å². The number of hydrogen-bond acceptors (Lipinski definition) is 15. The standard InChI is InChI=1S/C58H76N10O7S2/c1-36-26-41(76(71,72)43-29-57(30-43)18-22-65(6)23-19-57)14-16-47(36)61-53-59-33-45-49(63-53)68(51(69)55(45,3)4)39-12-13-40(28-39)75-35-56(5)46-34-60-54(64-50(46)67(52(56)70)38-10-8-9-11-38)62-48-17-15-42(27-37(48)2)77(73,74)44-31-58(32-44)20-24-66(7)25-21-58/h14-17,26-27,33-34,38-40,43-44H,8-13,18-25,28-32,35H2,1-7H3,(H,59,61,63)(H,60,62,64). The molecule has 4 aromatic rings. The number of carbonyl (C=O) groups excluding carboxylic acids is 2. The van der Waals surface area contributed by atoms with Gasteiger partial charge in [0, 0.05) is 47.0 Å². The Hall–Kier alpha value is -5.08. The summed E-state index contributed by atoms with van der Waals surface area (Å²) in [4.78, 5) is 57.6. The van der Waals surface area contributed by atoms with Crippen LogP contribution in [0.4, 0.5) is 34.9 Å². The van der Waals surface area contributed by atoms with Gasteiger partial charge in [-0.05, 0) is 217 Å². The molecule has 2 N–H and O–H groups in total. The Balaban J connectivity index is 0.713. The maximum Gasteiger partial charge on any atom is 0.241 e. The summed E-state index contributed by atoms with van der Waals surface area (Å²) in [7, 11) is -2.69. The molecule has 3 unspecified atom stereocenters. The van der Waals surface area contributed by atoms with Crippen LogP contribution in [0.1, 0.15) is 139 Å². The van der Waals surface area contributed by atoms with Crippen LogP contribution in [-0.2, 0) is 44.8 Å². The average Bonchev–Trinajstić information content (AvgIpc) is 4.29. The predicted molar refractivity (Wildman–Crippen MR) is 297 cm³/mol. The highest BCUT2D eigenvalue weighted by molar-refractivity contribution is 7.92. The molecule has 77 heavy (non-hydrogen) atoms. The van der Waals surface area contributed by atoms with Crippen molar-refractivity contribution in [2.75, 3.05) is 67.3 Å². The lowest BCUT2D eigenvalue weighted by Gasteiger charge is -2.51. The summed E-state index contributed by atoms with van der Waals surface area (Å²) in [6.07, 6.45) is 16.1. The zero-order valence-corrected chi connectivity index (χ0v) is 47.5. The minimum absolute atomic E-state index is 0.00691. The van der Waals surface area contributed by atoms with Gasteiger partial charge in [0.05, 0.1) is 38.4 Å². The molecule has 2 spiro atoms. The normalized spacial score (nSPS) is 27.3. The predicted octanol–water partition coefficient (Wildman–Crippen LogP) is 8.48. The van der Waals surface area contributed by atoms with Crippen molar-refractivity contribution in [2.24, 2.45) is 10.8 Å². The number of ether oxygens (including phenoxy) is 1. The fourth-order valence-electron chi connectivity index (χ4n) is 14.4. The molecule has 2 saturated heterocycles. The lowest BCUT2D eigenvalue weighted by molar-refractivity contribution is -0.126. The van der Waals surface area contributed by atoms with E-state index < -0.39 is 30.5 Å². The van der Waals surface area contributed by atoms with Crippen molar-refractivity contribution in [1.29, 1.82) is 0 Å². The summed E-state index contributed by atoms with van der Waals surface area (Å²) in [5, 5.41) is 5.97. The molecule has 6 heterocycles. The van der Waals surface area contributed by atoms with Gasteiger partial charge in [-0.15, -0.1) is 0 Å². The molecule has 2 aromatic heterocycles. The fraction of sp³-hybridized carbons (Fsp3) is 0.621. The summed E-state index contributed by atoms with van der Waals surface area (Å²) in [6.45, 7) is 13.7. The van der Waals surface area contributed by atoms with Crippen LogP contribution in [0, 0.1) is 24.7 Å². The van der Waals surface area contributed by atoms with Crippen molar-refractivity contribution in [3.05, 3.63) is 71.0 Å². The van der Waals surface area contributed by atoms with Gasteiger partial charge >= 0.3 is 0 Å². The van der Waals surface area contributed by atoms with Gasteiger partial charge in [0.25, 0.3) is 0 Å². The van der Waals surface area contributed by atoms with Gasteiger partial charge < -0.3 is 25.2 Å². The third kappa shape index (κ3) is 9.05. The number of sulfone groups is 2. The van der Waals surface area contributed by atoms with Crippen molar-refractivity contribution < 1.29 is 31.2 Å². The number of amides is 2. The number of hydrogen-bond donors (Lipinski definition) is 2. The quantitative estimate of drug-likeness (QED) is 0.129. The summed E-state index contributed by atoms with van der Waals surface area (Å²) in [6, 6.07) is 10.3. The second-order valence-electron chi connectivity index (χ2n) is 25.5. The van der Waals surface area contributed by atoms with Gasteiger partial charge in [0.15, 0.2) is 19.7 Å². The largest absolute Gasteiger partial charge is 0.377 e. The summed E-state index contributed by atoms with van der Waals surface area (Å²) in [5.41, 5.74) is 2.77. The van der Waals surface area contributed by atoms with E-state index in [1.807, 2.05) is 44.4 Å². The zero-order valence-electron chi connectivity index (χ0n) is 45.9. The minimum Gasteiger partial charge on any atom is -0.377 e. The average molecular weight is 1090 g/mol. The van der Waals surface area contributed by atoms with Crippen LogP contribution in [0.5, 0.6) is 0 Å². The van der Waals surface area contributed by atoms with E-state index in [0.29, 0.717) is 69.5 Å². The molecule has 0 radical (unpaired) electrons. The van der Waals surface area contributed by atoms with Gasteiger partial charge in [-0.2, -0.15) is 9.97 Å². The molecule has 4 aliphatic heterocycles. The van der Waals surface area contributed by atoms with Gasteiger partial charge in [-0.1, -0.05) is 12.8 Å². The Morgan fingerprint density at radius 3 is 1.58 bits per heavy atom. The third-order valence-electron chi connectivity index (χ3n) is 19.9. The summed E-state index contributed by atoms with van der Waals surface area (Å²) >= 11 is 0. The number of fused-ring (bicyclic) bond motifs is 2. The molecular weight excluding hydrogens is 1010 g/mol. The van der Waals surface area contributed by atoms with Gasteiger partial charge in [-0.3, -0.25) is 19.4 Å². The number of anilines is 6. The van der Waals surface area contributed by atoms with E-state index in [-0.39, 0.29) is 57.9 Å². The molecule has 4 aliphatic carbocycles. The Kier molecular flexibility index (Phi) is 13.0. The number of nitrogens with one attached hydrogen (secondary N) is 2. The van der Waals surface area contributed by atoms with E-state index in [0.717, 1.165) is 120 Å². The van der Waals surface area contributed by atoms with Crippen molar-refractivity contribution in [1.82, 2.24) is 29.7 Å². The molecule has 412 valence electrons. The first-order valence-corrected chi connectivity index (χ1v) is 31.3. The zero-order chi connectivity index (χ0) is 54.0. The first-order valence-electron chi connectivity index (χ1n) is 28.2. The topological polar surface area (TPSA) is 200 Å². The highest BCUT2D eigenvalue weighted by atomic mass is 32.2. The van der Waals surface area contributed by atoms with E-state index in [4.69, 9.17) is 19.7 Å². The van der Waals surface area contributed by atoms with Crippen molar-refractivity contribution in [3.63, 3.8) is 0 Å². The number of aryl methyl sites for hydroxylation is 2. The molecule has 2 amide bonds. The summed E-state index contributed by atoms with van der Waals surface area (Å²) < 4.78 is 62.0. The fourth-order valence-corrected chi connectivity index (χ4v) is 18.7.